The van der Waals surface area contributed by atoms with Crippen LogP contribution in [0.4, 0.5) is 13.2 Å². The molecule has 1 aromatic rings. The molecule has 4 heteroatoms. The lowest BCUT2D eigenvalue weighted by Gasteiger charge is -1.94. The summed E-state index contributed by atoms with van der Waals surface area (Å²) in [6.07, 6.45) is 0. The summed E-state index contributed by atoms with van der Waals surface area (Å²) in [5.74, 6) is -3.15. The van der Waals surface area contributed by atoms with E-state index in [9.17, 15) is 13.2 Å². The second kappa shape index (κ2) is 2.54. The maximum atomic E-state index is 12.3. The van der Waals surface area contributed by atoms with E-state index in [-0.39, 0.29) is 4.90 Å². The first-order chi connectivity index (χ1) is 4.61. The van der Waals surface area contributed by atoms with Crippen molar-refractivity contribution in [1.82, 2.24) is 0 Å². The Hall–Kier alpha value is -0.640. The monoisotopic (exact) mass is 164 g/mol. The molecule has 0 aliphatic heterocycles. The molecule has 54 valence electrons. The van der Waals surface area contributed by atoms with Gasteiger partial charge in [-0.15, -0.1) is 12.6 Å². The number of rotatable bonds is 0. The van der Waals surface area contributed by atoms with Gasteiger partial charge >= 0.3 is 0 Å². The molecule has 0 aromatic heterocycles. The van der Waals surface area contributed by atoms with E-state index in [4.69, 9.17) is 0 Å². The van der Waals surface area contributed by atoms with E-state index in [0.717, 1.165) is 0 Å². The van der Waals surface area contributed by atoms with Crippen LogP contribution in [0.2, 0.25) is 0 Å². The van der Waals surface area contributed by atoms with Crippen molar-refractivity contribution in [1.29, 1.82) is 0 Å². The maximum Gasteiger partial charge on any atom is 0.161 e. The third-order valence-corrected chi connectivity index (χ3v) is 1.33. The number of hydrogen-bond donors (Lipinski definition) is 1. The Balaban J connectivity index is 3.28. The molecule has 0 bridgehead atoms. The van der Waals surface area contributed by atoms with Crippen LogP contribution in [0.3, 0.4) is 0 Å². The van der Waals surface area contributed by atoms with Crippen LogP contribution in [0, 0.1) is 17.5 Å². The summed E-state index contributed by atoms with van der Waals surface area (Å²) >= 11 is 3.53. The first kappa shape index (κ1) is 7.47. The Kier molecular flexibility index (Phi) is 1.89. The van der Waals surface area contributed by atoms with E-state index >= 15 is 0 Å². The zero-order chi connectivity index (χ0) is 7.72. The van der Waals surface area contributed by atoms with Crippen molar-refractivity contribution in [2.24, 2.45) is 0 Å². The highest BCUT2D eigenvalue weighted by Gasteiger charge is 2.05. The fourth-order valence-electron chi connectivity index (χ4n) is 0.512. The molecule has 0 radical (unpaired) electrons. The van der Waals surface area contributed by atoms with Crippen molar-refractivity contribution < 1.29 is 13.2 Å². The molecule has 0 spiro atoms. The van der Waals surface area contributed by atoms with Crippen molar-refractivity contribution in [3.05, 3.63) is 29.6 Å². The molecule has 0 atom stereocenters. The van der Waals surface area contributed by atoms with Gasteiger partial charge in [-0.3, -0.25) is 0 Å². The average molecular weight is 164 g/mol. The van der Waals surface area contributed by atoms with Crippen LogP contribution in [0.15, 0.2) is 17.0 Å². The predicted octanol–water partition coefficient (Wildman–Crippen LogP) is 2.39. The molecule has 0 fully saturated rings. The van der Waals surface area contributed by atoms with E-state index in [1.54, 1.807) is 0 Å². The average Bonchev–Trinajstić information content (AvgIpc) is 1.84. The van der Waals surface area contributed by atoms with Crippen molar-refractivity contribution in [3.8, 4) is 0 Å². The molecular weight excluding hydrogens is 161 g/mol. The molecule has 0 saturated carbocycles. The van der Waals surface area contributed by atoms with Gasteiger partial charge < -0.3 is 0 Å². The van der Waals surface area contributed by atoms with Crippen molar-refractivity contribution >= 4 is 12.6 Å². The fraction of sp³-hybridized carbons (Fsp3) is 0. The van der Waals surface area contributed by atoms with Gasteiger partial charge in [-0.05, 0) is 6.07 Å². The van der Waals surface area contributed by atoms with Gasteiger partial charge in [0.25, 0.3) is 0 Å². The van der Waals surface area contributed by atoms with Gasteiger partial charge in [-0.1, -0.05) is 0 Å². The Morgan fingerprint density at radius 2 is 1.40 bits per heavy atom. The standard InChI is InChI=1S/C6H3F3S/c7-3-1-5(9)6(10)2-4(3)8/h1-2,10H. The van der Waals surface area contributed by atoms with Gasteiger partial charge in [0.2, 0.25) is 0 Å². The quantitative estimate of drug-likeness (QED) is 0.441. The molecule has 0 heterocycles. The smallest absolute Gasteiger partial charge is 0.161 e. The third-order valence-electron chi connectivity index (χ3n) is 0.990. The predicted molar refractivity (Wildman–Crippen MR) is 33.6 cm³/mol. The summed E-state index contributed by atoms with van der Waals surface area (Å²) in [5.41, 5.74) is 0. The number of thiol groups is 1. The SMILES string of the molecule is Fc1cc(F)c(S)cc1F. The highest BCUT2D eigenvalue weighted by atomic mass is 32.1. The minimum atomic E-state index is -1.20. The third kappa shape index (κ3) is 1.26. The van der Waals surface area contributed by atoms with Gasteiger partial charge in [0.1, 0.15) is 5.82 Å². The molecule has 1 aromatic carbocycles. The van der Waals surface area contributed by atoms with Gasteiger partial charge in [0.05, 0.1) is 0 Å². The second-order valence-corrected chi connectivity index (χ2v) is 2.20. The van der Waals surface area contributed by atoms with Crippen LogP contribution in [0.25, 0.3) is 0 Å². The molecule has 0 nitrogen and oxygen atoms in total. The van der Waals surface area contributed by atoms with E-state index < -0.39 is 17.5 Å². The van der Waals surface area contributed by atoms with Gasteiger partial charge in [-0.25, -0.2) is 13.2 Å². The zero-order valence-corrected chi connectivity index (χ0v) is 5.63. The van der Waals surface area contributed by atoms with Crippen LogP contribution < -0.4 is 0 Å². The van der Waals surface area contributed by atoms with Gasteiger partial charge in [0.15, 0.2) is 11.6 Å². The van der Waals surface area contributed by atoms with Crippen molar-refractivity contribution in [2.75, 3.05) is 0 Å². The van der Waals surface area contributed by atoms with Gasteiger partial charge in [-0.2, -0.15) is 0 Å². The summed E-state index contributed by atoms with van der Waals surface area (Å²) in [5, 5.41) is 0. The molecule has 0 aliphatic rings. The number of benzene rings is 1. The van der Waals surface area contributed by atoms with Gasteiger partial charge in [0, 0.05) is 11.0 Å². The summed E-state index contributed by atoms with van der Waals surface area (Å²) in [4.78, 5) is -0.195. The van der Waals surface area contributed by atoms with Crippen LogP contribution in [0.1, 0.15) is 0 Å². The minimum Gasteiger partial charge on any atom is -0.206 e. The summed E-state index contributed by atoms with van der Waals surface area (Å²) < 4.78 is 36.6. The number of hydrogen-bond acceptors (Lipinski definition) is 1. The molecule has 0 amide bonds. The van der Waals surface area contributed by atoms with Crippen LogP contribution in [0.5, 0.6) is 0 Å². The van der Waals surface area contributed by atoms with E-state index in [1.807, 2.05) is 0 Å². The van der Waals surface area contributed by atoms with E-state index in [2.05, 4.69) is 12.6 Å². The van der Waals surface area contributed by atoms with Crippen molar-refractivity contribution in [2.45, 2.75) is 4.90 Å². The highest BCUT2D eigenvalue weighted by Crippen LogP contribution is 2.15. The molecular formula is C6H3F3S. The second-order valence-electron chi connectivity index (χ2n) is 1.72. The zero-order valence-electron chi connectivity index (χ0n) is 4.74. The normalized spacial score (nSPS) is 10.0. The first-order valence-electron chi connectivity index (χ1n) is 2.45. The lowest BCUT2D eigenvalue weighted by atomic mass is 10.3. The van der Waals surface area contributed by atoms with Crippen molar-refractivity contribution in [3.63, 3.8) is 0 Å². The Labute approximate surface area is 61.1 Å². The van der Waals surface area contributed by atoms with Crippen LogP contribution in [-0.4, -0.2) is 0 Å². The number of halogens is 3. The fourth-order valence-corrected chi connectivity index (χ4v) is 0.690. The first-order valence-corrected chi connectivity index (χ1v) is 2.89. The maximum absolute atomic E-state index is 12.3. The molecule has 0 N–H and O–H groups in total. The Morgan fingerprint density at radius 3 is 1.90 bits per heavy atom. The molecule has 0 saturated heterocycles. The summed E-state index contributed by atoms with van der Waals surface area (Å²) in [7, 11) is 0. The molecule has 0 unspecified atom stereocenters. The highest BCUT2D eigenvalue weighted by molar-refractivity contribution is 7.80. The lowest BCUT2D eigenvalue weighted by Crippen LogP contribution is -1.86. The topological polar surface area (TPSA) is 0 Å². The van der Waals surface area contributed by atoms with E-state index in [0.29, 0.717) is 12.1 Å². The van der Waals surface area contributed by atoms with Crippen LogP contribution >= 0.6 is 12.6 Å². The minimum absolute atomic E-state index is 0.195. The molecule has 0 aliphatic carbocycles. The summed E-state index contributed by atoms with van der Waals surface area (Å²) in [6.45, 7) is 0. The largest absolute Gasteiger partial charge is 0.206 e. The Morgan fingerprint density at radius 1 is 0.900 bits per heavy atom. The van der Waals surface area contributed by atoms with E-state index in [1.165, 1.54) is 0 Å². The summed E-state index contributed by atoms with van der Waals surface area (Å²) in [6, 6.07) is 1.14. The lowest BCUT2D eigenvalue weighted by molar-refractivity contribution is 0.486. The molecule has 1 rings (SSSR count). The molecule has 10 heavy (non-hydrogen) atoms. The van der Waals surface area contributed by atoms with Crippen LogP contribution in [-0.2, 0) is 0 Å². The Bertz CT molecular complexity index is 209.